The van der Waals surface area contributed by atoms with E-state index in [4.69, 9.17) is 4.74 Å². The molecule has 4 nitrogen and oxygen atoms in total. The van der Waals surface area contributed by atoms with Gasteiger partial charge in [0, 0.05) is 18.6 Å². The molecule has 0 aliphatic carbocycles. The number of carbonyl (C=O) groups is 1. The molecule has 0 saturated heterocycles. The minimum atomic E-state index is -0.912. The summed E-state index contributed by atoms with van der Waals surface area (Å²) >= 11 is 0. The van der Waals surface area contributed by atoms with Crippen molar-refractivity contribution in [3.63, 3.8) is 0 Å². The van der Waals surface area contributed by atoms with Gasteiger partial charge in [-0.2, -0.15) is 0 Å². The summed E-state index contributed by atoms with van der Waals surface area (Å²) in [4.78, 5) is 19.0. The van der Waals surface area contributed by atoms with Crippen molar-refractivity contribution in [1.82, 2.24) is 4.98 Å². The Kier molecular flexibility index (Phi) is 3.22. The zero-order chi connectivity index (χ0) is 11.3. The third kappa shape index (κ3) is 2.41. The molecule has 2 rings (SSSR count). The molecule has 0 amide bonds. The second-order valence-corrected chi connectivity index (χ2v) is 3.57. The van der Waals surface area contributed by atoms with Crippen molar-refractivity contribution in [1.29, 1.82) is 0 Å². The molecule has 0 N–H and O–H groups in total. The number of allylic oxidation sites excluding steroid dienone is 1. The van der Waals surface area contributed by atoms with Crippen molar-refractivity contribution in [3.05, 3.63) is 42.2 Å². The second-order valence-electron chi connectivity index (χ2n) is 3.57. The third-order valence-corrected chi connectivity index (χ3v) is 2.34. The predicted octanol–water partition coefficient (Wildman–Crippen LogP) is 1.18. The van der Waals surface area contributed by atoms with E-state index < -0.39 is 5.60 Å². The first kappa shape index (κ1) is 10.7. The zero-order valence-electron chi connectivity index (χ0n) is 8.74. The summed E-state index contributed by atoms with van der Waals surface area (Å²) < 4.78 is 5.60. The molecule has 4 heteroatoms. The fourth-order valence-corrected chi connectivity index (χ4v) is 1.42. The number of nitrogens with zero attached hydrogens (tertiary/aromatic N) is 2. The summed E-state index contributed by atoms with van der Waals surface area (Å²) in [7, 11) is 0. The van der Waals surface area contributed by atoms with Gasteiger partial charge < -0.3 is 4.74 Å². The highest BCUT2D eigenvalue weighted by molar-refractivity contribution is 5.78. The van der Waals surface area contributed by atoms with Gasteiger partial charge >= 0.3 is 0 Å². The number of aldehydes is 1. The molecule has 16 heavy (non-hydrogen) atoms. The molecular formula is C12H12N2O2. The van der Waals surface area contributed by atoms with Gasteiger partial charge in [-0.05, 0) is 23.8 Å². The van der Waals surface area contributed by atoms with E-state index >= 15 is 0 Å². The Morgan fingerprint density at radius 2 is 2.50 bits per heavy atom. The topological polar surface area (TPSA) is 51.5 Å². The van der Waals surface area contributed by atoms with E-state index in [2.05, 4.69) is 9.98 Å². The smallest absolute Gasteiger partial charge is 0.161 e. The molecule has 0 bridgehead atoms. The first-order valence-corrected chi connectivity index (χ1v) is 5.01. The Morgan fingerprint density at radius 1 is 1.56 bits per heavy atom. The van der Waals surface area contributed by atoms with Crippen LogP contribution in [0, 0.1) is 0 Å². The fraction of sp³-hybridized carbons (Fsp3) is 0.250. The molecule has 0 saturated carbocycles. The number of aromatic nitrogens is 1. The molecular weight excluding hydrogens is 204 g/mol. The normalized spacial score (nSPS) is 23.2. The number of pyridine rings is 1. The number of rotatable bonds is 4. The van der Waals surface area contributed by atoms with E-state index in [9.17, 15) is 4.79 Å². The Balaban J connectivity index is 2.01. The van der Waals surface area contributed by atoms with Crippen LogP contribution in [0.15, 0.2) is 41.7 Å². The monoisotopic (exact) mass is 216 g/mol. The minimum absolute atomic E-state index is 0.341. The van der Waals surface area contributed by atoms with Crippen LogP contribution in [0.2, 0.25) is 0 Å². The summed E-state index contributed by atoms with van der Waals surface area (Å²) in [5.41, 5.74) is 0.0246. The minimum Gasteiger partial charge on any atom is -0.357 e. The van der Waals surface area contributed by atoms with Gasteiger partial charge in [0.25, 0.3) is 0 Å². The molecule has 1 unspecified atom stereocenters. The fourth-order valence-electron chi connectivity index (χ4n) is 1.42. The maximum absolute atomic E-state index is 11.0. The SMILES string of the molecule is O=CC1(OCc2cccnc2)C=CC=NC1. The van der Waals surface area contributed by atoms with Crippen LogP contribution in [0.25, 0.3) is 0 Å². The van der Waals surface area contributed by atoms with Crippen LogP contribution in [-0.4, -0.2) is 29.6 Å². The molecule has 0 radical (unpaired) electrons. The third-order valence-electron chi connectivity index (χ3n) is 2.34. The van der Waals surface area contributed by atoms with E-state index in [-0.39, 0.29) is 0 Å². The Hall–Kier alpha value is -1.81. The van der Waals surface area contributed by atoms with Crippen LogP contribution >= 0.6 is 0 Å². The zero-order valence-corrected chi connectivity index (χ0v) is 8.74. The maximum Gasteiger partial charge on any atom is 0.161 e. The van der Waals surface area contributed by atoms with Crippen molar-refractivity contribution < 1.29 is 9.53 Å². The molecule has 0 spiro atoms. The Bertz CT molecular complexity index is 414. The van der Waals surface area contributed by atoms with Crippen LogP contribution in [0.4, 0.5) is 0 Å². The van der Waals surface area contributed by atoms with Gasteiger partial charge in [0.05, 0.1) is 13.2 Å². The van der Waals surface area contributed by atoms with E-state index in [0.717, 1.165) is 11.8 Å². The summed E-state index contributed by atoms with van der Waals surface area (Å²) in [5.74, 6) is 0. The first-order valence-electron chi connectivity index (χ1n) is 5.01. The molecule has 1 aliphatic rings. The lowest BCUT2D eigenvalue weighted by Gasteiger charge is -2.24. The van der Waals surface area contributed by atoms with E-state index in [1.54, 1.807) is 30.8 Å². The summed E-state index contributed by atoms with van der Waals surface area (Å²) in [5, 5.41) is 0. The molecule has 0 aromatic carbocycles. The van der Waals surface area contributed by atoms with Crippen LogP contribution in [0.3, 0.4) is 0 Å². The predicted molar refractivity (Wildman–Crippen MR) is 60.3 cm³/mol. The van der Waals surface area contributed by atoms with E-state index in [0.29, 0.717) is 13.2 Å². The molecule has 2 heterocycles. The quantitative estimate of drug-likeness (QED) is 0.710. The molecule has 1 aliphatic heterocycles. The molecule has 1 aromatic rings. The molecule has 1 aromatic heterocycles. The number of dihydropyridines is 1. The van der Waals surface area contributed by atoms with Crippen LogP contribution in [0.1, 0.15) is 5.56 Å². The van der Waals surface area contributed by atoms with E-state index in [1.807, 2.05) is 12.1 Å². The maximum atomic E-state index is 11.0. The highest BCUT2D eigenvalue weighted by atomic mass is 16.5. The lowest BCUT2D eigenvalue weighted by Crippen LogP contribution is -2.37. The average molecular weight is 216 g/mol. The highest BCUT2D eigenvalue weighted by Gasteiger charge is 2.28. The lowest BCUT2D eigenvalue weighted by atomic mass is 10.0. The molecule has 1 atom stereocenters. The van der Waals surface area contributed by atoms with Gasteiger partial charge in [0.2, 0.25) is 0 Å². The standard InChI is InChI=1S/C12H12N2O2/c15-10-12(4-2-6-14-9-12)16-8-11-3-1-5-13-7-11/h1-7,10H,8-9H2. The number of hydrogen-bond acceptors (Lipinski definition) is 4. The number of ether oxygens (including phenoxy) is 1. The molecule has 82 valence electrons. The van der Waals surface area contributed by atoms with Gasteiger partial charge in [0.15, 0.2) is 11.9 Å². The van der Waals surface area contributed by atoms with Crippen molar-refractivity contribution in [2.24, 2.45) is 4.99 Å². The summed E-state index contributed by atoms with van der Waals surface area (Å²) in [6.07, 6.45) is 9.31. The van der Waals surface area contributed by atoms with Crippen LogP contribution in [-0.2, 0) is 16.1 Å². The molecule has 0 fully saturated rings. The average Bonchev–Trinajstić information content (AvgIpc) is 2.39. The van der Waals surface area contributed by atoms with Crippen molar-refractivity contribution in [2.75, 3.05) is 6.54 Å². The summed E-state index contributed by atoms with van der Waals surface area (Å²) in [6.45, 7) is 0.694. The van der Waals surface area contributed by atoms with Gasteiger partial charge in [0.1, 0.15) is 0 Å². The Morgan fingerprint density at radius 3 is 3.12 bits per heavy atom. The van der Waals surface area contributed by atoms with Crippen molar-refractivity contribution in [2.45, 2.75) is 12.2 Å². The van der Waals surface area contributed by atoms with Gasteiger partial charge in [-0.1, -0.05) is 6.07 Å². The van der Waals surface area contributed by atoms with Crippen molar-refractivity contribution in [3.8, 4) is 0 Å². The van der Waals surface area contributed by atoms with Crippen molar-refractivity contribution >= 4 is 12.5 Å². The summed E-state index contributed by atoms with van der Waals surface area (Å²) in [6, 6.07) is 3.74. The highest BCUT2D eigenvalue weighted by Crippen LogP contribution is 2.16. The second kappa shape index (κ2) is 4.81. The lowest BCUT2D eigenvalue weighted by molar-refractivity contribution is -0.125. The van der Waals surface area contributed by atoms with Gasteiger partial charge in [-0.3, -0.25) is 14.8 Å². The van der Waals surface area contributed by atoms with Gasteiger partial charge in [-0.25, -0.2) is 0 Å². The number of hydrogen-bond donors (Lipinski definition) is 0. The van der Waals surface area contributed by atoms with Crippen LogP contribution in [0.5, 0.6) is 0 Å². The van der Waals surface area contributed by atoms with E-state index in [1.165, 1.54) is 0 Å². The first-order chi connectivity index (χ1) is 7.85. The number of carbonyl (C=O) groups excluding carboxylic acids is 1. The van der Waals surface area contributed by atoms with Crippen LogP contribution < -0.4 is 0 Å². The number of aliphatic imine (C=N–C) groups is 1. The largest absolute Gasteiger partial charge is 0.357 e. The Labute approximate surface area is 93.7 Å². The van der Waals surface area contributed by atoms with Gasteiger partial charge in [-0.15, -0.1) is 0 Å².